The second-order valence-corrected chi connectivity index (χ2v) is 5.00. The first kappa shape index (κ1) is 15.4. The van der Waals surface area contributed by atoms with E-state index in [0.717, 1.165) is 0 Å². The van der Waals surface area contributed by atoms with Crippen LogP contribution < -0.4 is 0 Å². The summed E-state index contributed by atoms with van der Waals surface area (Å²) in [4.78, 5) is 11.4. The van der Waals surface area contributed by atoms with Crippen LogP contribution in [0.3, 0.4) is 0 Å². The molecule has 4 nitrogen and oxygen atoms in total. The number of alkyl halides is 1. The number of ether oxygens (including phenoxy) is 1. The average molecular weight is 251 g/mol. The Morgan fingerprint density at radius 1 is 1.62 bits per heavy atom. The predicted octanol–water partition coefficient (Wildman–Crippen LogP) is 1.82. The molecule has 0 aliphatic rings. The van der Waals surface area contributed by atoms with Gasteiger partial charge in [0, 0.05) is 18.9 Å². The van der Waals surface area contributed by atoms with Gasteiger partial charge in [0.05, 0.1) is 14.1 Å². The van der Waals surface area contributed by atoms with E-state index >= 15 is 0 Å². The third-order valence-corrected chi connectivity index (χ3v) is 3.57. The van der Waals surface area contributed by atoms with Gasteiger partial charge in [0.15, 0.2) is 0 Å². The molecule has 0 aliphatic carbocycles. The molecule has 5 heteroatoms. The molecule has 0 rings (SSSR count). The fourth-order valence-corrected chi connectivity index (χ4v) is 1.21. The SMILES string of the molecule is C=C(C)C(=O)OC(C)[N+](C)(C)C(O)(Cl)CC. The summed E-state index contributed by atoms with van der Waals surface area (Å²) in [6.45, 7) is 8.52. The Hall–Kier alpha value is -0.580. The van der Waals surface area contributed by atoms with Crippen molar-refractivity contribution in [3.8, 4) is 0 Å². The van der Waals surface area contributed by atoms with E-state index in [0.29, 0.717) is 12.0 Å². The lowest BCUT2D eigenvalue weighted by atomic mass is 10.3. The van der Waals surface area contributed by atoms with Crippen LogP contribution in [0.15, 0.2) is 12.2 Å². The first-order valence-corrected chi connectivity index (χ1v) is 5.55. The second-order valence-electron chi connectivity index (χ2n) is 4.40. The van der Waals surface area contributed by atoms with Gasteiger partial charge in [0.25, 0.3) is 5.18 Å². The van der Waals surface area contributed by atoms with Gasteiger partial charge < -0.3 is 9.84 Å². The zero-order chi connectivity index (χ0) is 13.1. The maximum absolute atomic E-state index is 11.4. The molecule has 0 fully saturated rings. The van der Waals surface area contributed by atoms with Gasteiger partial charge in [-0.05, 0) is 18.5 Å². The van der Waals surface area contributed by atoms with E-state index in [1.54, 1.807) is 34.9 Å². The van der Waals surface area contributed by atoms with E-state index in [9.17, 15) is 9.90 Å². The van der Waals surface area contributed by atoms with Crippen molar-refractivity contribution in [1.29, 1.82) is 0 Å². The molecule has 2 atom stereocenters. The molecule has 1 N–H and O–H groups in total. The summed E-state index contributed by atoms with van der Waals surface area (Å²) in [5.41, 5.74) is 0.321. The number of hydrogen-bond donors (Lipinski definition) is 1. The standard InChI is InChI=1S/C11H21ClNO3/c1-7-11(12,15)13(5,6)9(4)16-10(14)8(2)3/h9,15H,2,7H2,1,3-6H3/q+1. The lowest BCUT2D eigenvalue weighted by Crippen LogP contribution is -2.61. The van der Waals surface area contributed by atoms with Crippen molar-refractivity contribution in [1.82, 2.24) is 0 Å². The molecular weight excluding hydrogens is 230 g/mol. The number of nitrogens with zero attached hydrogens (tertiary/aromatic N) is 1. The van der Waals surface area contributed by atoms with Crippen LogP contribution in [0.5, 0.6) is 0 Å². The van der Waals surface area contributed by atoms with Crippen molar-refractivity contribution >= 4 is 17.6 Å². The largest absolute Gasteiger partial charge is 0.409 e. The lowest BCUT2D eigenvalue weighted by molar-refractivity contribution is -0.987. The zero-order valence-electron chi connectivity index (χ0n) is 10.6. The molecular formula is C11H21ClNO3+. The van der Waals surface area contributed by atoms with Crippen LogP contribution in [-0.4, -0.2) is 41.1 Å². The van der Waals surface area contributed by atoms with Gasteiger partial charge in [0.1, 0.15) is 0 Å². The number of esters is 1. The highest BCUT2D eigenvalue weighted by molar-refractivity contribution is 6.21. The van der Waals surface area contributed by atoms with Gasteiger partial charge in [-0.2, -0.15) is 0 Å². The number of hydrogen-bond acceptors (Lipinski definition) is 3. The quantitative estimate of drug-likeness (QED) is 0.202. The molecule has 0 saturated heterocycles. The number of rotatable bonds is 5. The van der Waals surface area contributed by atoms with Crippen LogP contribution in [0.1, 0.15) is 27.2 Å². The summed E-state index contributed by atoms with van der Waals surface area (Å²) in [5.74, 6) is -0.484. The van der Waals surface area contributed by atoms with Crippen molar-refractivity contribution in [2.75, 3.05) is 14.1 Å². The van der Waals surface area contributed by atoms with Crippen LogP contribution in [0.25, 0.3) is 0 Å². The highest BCUT2D eigenvalue weighted by Gasteiger charge is 2.46. The fraction of sp³-hybridized carbons (Fsp3) is 0.727. The number of carbonyl (C=O) groups excluding carboxylic acids is 1. The van der Waals surface area contributed by atoms with Crippen molar-refractivity contribution in [2.45, 2.75) is 38.6 Å². The van der Waals surface area contributed by atoms with Crippen molar-refractivity contribution in [3.05, 3.63) is 12.2 Å². The van der Waals surface area contributed by atoms with Crippen LogP contribution in [0.2, 0.25) is 0 Å². The van der Waals surface area contributed by atoms with Crippen LogP contribution >= 0.6 is 11.6 Å². The van der Waals surface area contributed by atoms with Crippen LogP contribution in [0.4, 0.5) is 0 Å². The summed E-state index contributed by atoms with van der Waals surface area (Å²) in [5, 5.41) is 8.53. The average Bonchev–Trinajstić information content (AvgIpc) is 2.16. The molecule has 0 aromatic rings. The molecule has 0 aromatic heterocycles. The van der Waals surface area contributed by atoms with E-state index in [2.05, 4.69) is 6.58 Å². The highest BCUT2D eigenvalue weighted by Crippen LogP contribution is 2.29. The summed E-state index contributed by atoms with van der Waals surface area (Å²) in [6, 6.07) is 0. The Morgan fingerprint density at radius 2 is 2.06 bits per heavy atom. The summed E-state index contributed by atoms with van der Waals surface area (Å²) >= 11 is 5.98. The Labute approximate surface area is 102 Å². The van der Waals surface area contributed by atoms with E-state index in [4.69, 9.17) is 16.3 Å². The van der Waals surface area contributed by atoms with Crippen molar-refractivity contribution in [3.63, 3.8) is 0 Å². The Balaban J connectivity index is 4.77. The first-order chi connectivity index (χ1) is 7.06. The van der Waals surface area contributed by atoms with E-state index in [1.807, 2.05) is 0 Å². The Kier molecular flexibility index (Phi) is 4.98. The topological polar surface area (TPSA) is 46.5 Å². The summed E-state index contributed by atoms with van der Waals surface area (Å²) in [6.07, 6.45) is -0.220. The van der Waals surface area contributed by atoms with Crippen molar-refractivity contribution in [2.24, 2.45) is 0 Å². The number of aliphatic hydroxyl groups is 1. The molecule has 0 radical (unpaired) electrons. The van der Waals surface area contributed by atoms with E-state index < -0.39 is 17.4 Å². The van der Waals surface area contributed by atoms with Crippen molar-refractivity contribution < 1.29 is 19.1 Å². The summed E-state index contributed by atoms with van der Waals surface area (Å²) in [7, 11) is 3.40. The second kappa shape index (κ2) is 5.17. The van der Waals surface area contributed by atoms with E-state index in [1.165, 1.54) is 0 Å². The highest BCUT2D eigenvalue weighted by atomic mass is 35.5. The molecule has 0 bridgehead atoms. The molecule has 16 heavy (non-hydrogen) atoms. The minimum absolute atomic E-state index is 0.0376. The normalized spacial score (nSPS) is 17.4. The fourth-order valence-electron chi connectivity index (χ4n) is 1.07. The number of carbonyl (C=O) groups is 1. The van der Waals surface area contributed by atoms with E-state index in [-0.39, 0.29) is 4.48 Å². The minimum Gasteiger partial charge on any atom is -0.409 e. The summed E-state index contributed by atoms with van der Waals surface area (Å²) < 4.78 is 5.12. The predicted molar refractivity (Wildman–Crippen MR) is 63.6 cm³/mol. The Bertz CT molecular complexity index is 287. The van der Waals surface area contributed by atoms with Gasteiger partial charge in [-0.15, -0.1) is 0 Å². The maximum Gasteiger partial charge on any atom is 0.337 e. The molecule has 0 spiro atoms. The number of quaternary nitrogens is 1. The third kappa shape index (κ3) is 3.20. The molecule has 0 saturated carbocycles. The van der Waals surface area contributed by atoms with Gasteiger partial charge >= 0.3 is 5.97 Å². The van der Waals surface area contributed by atoms with Gasteiger partial charge in [0.2, 0.25) is 6.23 Å². The van der Waals surface area contributed by atoms with Crippen LogP contribution in [0, 0.1) is 0 Å². The molecule has 0 amide bonds. The zero-order valence-corrected chi connectivity index (χ0v) is 11.3. The lowest BCUT2D eigenvalue weighted by Gasteiger charge is -2.43. The molecule has 0 heterocycles. The monoisotopic (exact) mass is 250 g/mol. The van der Waals surface area contributed by atoms with Gasteiger partial charge in [-0.3, -0.25) is 4.48 Å². The Morgan fingerprint density at radius 3 is 2.38 bits per heavy atom. The van der Waals surface area contributed by atoms with Crippen LogP contribution in [-0.2, 0) is 9.53 Å². The minimum atomic E-state index is -1.46. The van der Waals surface area contributed by atoms with Gasteiger partial charge in [-0.25, -0.2) is 4.79 Å². The molecule has 0 aromatic carbocycles. The first-order valence-electron chi connectivity index (χ1n) is 5.17. The van der Waals surface area contributed by atoms with Gasteiger partial charge in [-0.1, -0.05) is 13.5 Å². The smallest absolute Gasteiger partial charge is 0.337 e. The molecule has 94 valence electrons. The third-order valence-electron chi connectivity index (χ3n) is 2.87. The molecule has 0 aliphatic heterocycles. The number of halogens is 1. The maximum atomic E-state index is 11.4. The molecule has 2 unspecified atom stereocenters.